The van der Waals surface area contributed by atoms with Gasteiger partial charge in [-0.2, -0.15) is 5.10 Å². The molecule has 0 radical (unpaired) electrons. The topological polar surface area (TPSA) is 53.1 Å². The second-order valence-corrected chi connectivity index (χ2v) is 6.59. The fourth-order valence-corrected chi connectivity index (χ4v) is 3.66. The van der Waals surface area contributed by atoms with E-state index in [1.807, 2.05) is 29.9 Å². The number of aromatic nitrogens is 2. The molecule has 2 N–H and O–H groups in total. The molecule has 112 valence electrons. The molecule has 21 heavy (non-hydrogen) atoms. The zero-order chi connectivity index (χ0) is 15.0. The number of nitrogens with two attached hydrogens (primary N) is 1. The smallest absolute Gasteiger partial charge is 0.122 e. The lowest BCUT2D eigenvalue weighted by atomic mass is 9.86. The summed E-state index contributed by atoms with van der Waals surface area (Å²) in [6, 6.07) is 8.12. The lowest BCUT2D eigenvalue weighted by molar-refractivity contribution is 0.187. The van der Waals surface area contributed by atoms with Gasteiger partial charge in [-0.05, 0) is 40.4 Å². The van der Waals surface area contributed by atoms with Crippen LogP contribution in [0.15, 0.2) is 28.7 Å². The Hall–Kier alpha value is -1.33. The van der Waals surface area contributed by atoms with E-state index in [-0.39, 0.29) is 0 Å². The molecule has 1 aromatic heterocycles. The molecular formula is C16H20BrN3O. The van der Waals surface area contributed by atoms with Crippen molar-refractivity contribution >= 4 is 15.9 Å². The van der Waals surface area contributed by atoms with Crippen molar-refractivity contribution in [1.82, 2.24) is 9.78 Å². The number of benzene rings is 1. The van der Waals surface area contributed by atoms with Crippen molar-refractivity contribution in [3.05, 3.63) is 45.7 Å². The van der Waals surface area contributed by atoms with Crippen LogP contribution in [-0.4, -0.2) is 21.9 Å². The number of para-hydroxylation sites is 1. The van der Waals surface area contributed by atoms with Crippen molar-refractivity contribution in [2.24, 2.45) is 12.8 Å². The predicted molar refractivity (Wildman–Crippen MR) is 86.5 cm³/mol. The molecule has 0 saturated carbocycles. The van der Waals surface area contributed by atoms with Crippen LogP contribution < -0.4 is 10.5 Å². The molecule has 0 bridgehead atoms. The molecule has 1 aliphatic heterocycles. The van der Waals surface area contributed by atoms with Crippen molar-refractivity contribution < 1.29 is 4.74 Å². The van der Waals surface area contributed by atoms with Crippen LogP contribution in [0.3, 0.4) is 0 Å². The van der Waals surface area contributed by atoms with E-state index >= 15 is 0 Å². The summed E-state index contributed by atoms with van der Waals surface area (Å²) >= 11 is 3.67. The first-order valence-electron chi connectivity index (χ1n) is 7.22. The fraction of sp³-hybridized carbons (Fsp3) is 0.438. The molecule has 3 rings (SSSR count). The Kier molecular flexibility index (Phi) is 3.80. The number of fused-ring (bicyclic) bond motifs is 1. The van der Waals surface area contributed by atoms with Gasteiger partial charge in [0.25, 0.3) is 0 Å². The van der Waals surface area contributed by atoms with Gasteiger partial charge in [0.1, 0.15) is 12.4 Å². The highest BCUT2D eigenvalue weighted by Crippen LogP contribution is 2.32. The Morgan fingerprint density at radius 1 is 1.43 bits per heavy atom. The van der Waals surface area contributed by atoms with Crippen LogP contribution in [0.2, 0.25) is 0 Å². The molecule has 0 amide bonds. The maximum absolute atomic E-state index is 6.61. The van der Waals surface area contributed by atoms with Crippen LogP contribution in [0.5, 0.6) is 5.75 Å². The molecule has 1 aromatic carbocycles. The molecule has 2 heterocycles. The number of aryl methyl sites for hydroxylation is 2. The predicted octanol–water partition coefficient (Wildman–Crippen LogP) is 2.62. The van der Waals surface area contributed by atoms with Crippen LogP contribution >= 0.6 is 15.9 Å². The maximum Gasteiger partial charge on any atom is 0.122 e. The Labute approximate surface area is 133 Å². The Balaban J connectivity index is 1.87. The molecule has 0 spiro atoms. The van der Waals surface area contributed by atoms with E-state index in [4.69, 9.17) is 10.5 Å². The van der Waals surface area contributed by atoms with Gasteiger partial charge in [0.05, 0.1) is 21.4 Å². The molecule has 4 nitrogen and oxygen atoms in total. The SMILES string of the molecule is CCc1nn(C)c(CC2(N)COc3ccccc3C2)c1Br. The second kappa shape index (κ2) is 5.46. The second-order valence-electron chi connectivity index (χ2n) is 5.80. The van der Waals surface area contributed by atoms with Crippen molar-refractivity contribution in [2.45, 2.75) is 31.7 Å². The van der Waals surface area contributed by atoms with Gasteiger partial charge in [0.2, 0.25) is 0 Å². The summed E-state index contributed by atoms with van der Waals surface area (Å²) in [5.41, 5.74) is 9.61. The van der Waals surface area contributed by atoms with Gasteiger partial charge in [0, 0.05) is 13.5 Å². The number of hydrogen-bond donors (Lipinski definition) is 1. The van der Waals surface area contributed by atoms with Gasteiger partial charge in [0.15, 0.2) is 0 Å². The van der Waals surface area contributed by atoms with Gasteiger partial charge in [-0.25, -0.2) is 0 Å². The van der Waals surface area contributed by atoms with E-state index in [0.29, 0.717) is 6.61 Å². The van der Waals surface area contributed by atoms with Gasteiger partial charge in [-0.3, -0.25) is 4.68 Å². The van der Waals surface area contributed by atoms with Crippen LogP contribution in [0, 0.1) is 0 Å². The van der Waals surface area contributed by atoms with Crippen molar-refractivity contribution in [3.63, 3.8) is 0 Å². The van der Waals surface area contributed by atoms with Crippen LogP contribution in [-0.2, 0) is 26.3 Å². The first kappa shape index (κ1) is 14.6. The largest absolute Gasteiger partial charge is 0.491 e. The van der Waals surface area contributed by atoms with E-state index in [0.717, 1.165) is 40.9 Å². The normalized spacial score (nSPS) is 21.0. The summed E-state index contributed by atoms with van der Waals surface area (Å²) in [4.78, 5) is 0. The van der Waals surface area contributed by atoms with E-state index < -0.39 is 5.54 Å². The van der Waals surface area contributed by atoms with Crippen LogP contribution in [0.4, 0.5) is 0 Å². The zero-order valence-electron chi connectivity index (χ0n) is 12.4. The highest BCUT2D eigenvalue weighted by molar-refractivity contribution is 9.10. The average molecular weight is 350 g/mol. The molecule has 1 unspecified atom stereocenters. The summed E-state index contributed by atoms with van der Waals surface area (Å²) in [7, 11) is 1.97. The Morgan fingerprint density at radius 2 is 2.19 bits per heavy atom. The molecule has 1 atom stereocenters. The quantitative estimate of drug-likeness (QED) is 0.926. The van der Waals surface area contributed by atoms with E-state index in [1.54, 1.807) is 0 Å². The monoisotopic (exact) mass is 349 g/mol. The first-order valence-corrected chi connectivity index (χ1v) is 8.01. The minimum atomic E-state index is -0.393. The van der Waals surface area contributed by atoms with Gasteiger partial charge >= 0.3 is 0 Å². The Morgan fingerprint density at radius 3 is 2.90 bits per heavy atom. The minimum Gasteiger partial charge on any atom is -0.491 e. The van der Waals surface area contributed by atoms with Crippen molar-refractivity contribution in [1.29, 1.82) is 0 Å². The summed E-state index contributed by atoms with van der Waals surface area (Å²) in [5.74, 6) is 0.955. The molecule has 5 heteroatoms. The minimum absolute atomic E-state index is 0.393. The number of halogens is 1. The zero-order valence-corrected chi connectivity index (χ0v) is 14.0. The van der Waals surface area contributed by atoms with Gasteiger partial charge in [-0.1, -0.05) is 25.1 Å². The lowest BCUT2D eigenvalue weighted by Crippen LogP contribution is -2.52. The molecule has 0 saturated heterocycles. The van der Waals surface area contributed by atoms with Crippen molar-refractivity contribution in [3.8, 4) is 5.75 Å². The fourth-order valence-electron chi connectivity index (χ4n) is 2.90. The number of rotatable bonds is 3. The van der Waals surface area contributed by atoms with Crippen molar-refractivity contribution in [2.75, 3.05) is 6.61 Å². The van der Waals surface area contributed by atoms with Crippen LogP contribution in [0.1, 0.15) is 23.9 Å². The summed E-state index contributed by atoms with van der Waals surface area (Å²) < 4.78 is 8.86. The average Bonchev–Trinajstić information content (AvgIpc) is 2.74. The van der Waals surface area contributed by atoms with Gasteiger partial charge in [-0.15, -0.1) is 0 Å². The Bertz CT molecular complexity index is 668. The molecule has 0 fully saturated rings. The highest BCUT2D eigenvalue weighted by Gasteiger charge is 2.34. The summed E-state index contributed by atoms with van der Waals surface area (Å²) in [5, 5.41) is 4.54. The summed E-state index contributed by atoms with van der Waals surface area (Å²) in [6.45, 7) is 2.64. The number of ether oxygens (including phenoxy) is 1. The van der Waals surface area contributed by atoms with Gasteiger partial charge < -0.3 is 10.5 Å². The van der Waals surface area contributed by atoms with E-state index in [2.05, 4.69) is 34.0 Å². The standard InChI is InChI=1S/C16H20BrN3O/c1-3-12-15(17)13(20(2)19-12)9-16(18)8-11-6-4-5-7-14(11)21-10-16/h4-7H,3,8-10,18H2,1-2H3. The molecular weight excluding hydrogens is 330 g/mol. The van der Waals surface area contributed by atoms with E-state index in [9.17, 15) is 0 Å². The maximum atomic E-state index is 6.61. The number of hydrogen-bond acceptors (Lipinski definition) is 3. The third-order valence-electron chi connectivity index (χ3n) is 4.05. The summed E-state index contributed by atoms with van der Waals surface area (Å²) in [6.07, 6.45) is 2.47. The lowest BCUT2D eigenvalue weighted by Gasteiger charge is -2.34. The number of nitrogens with zero attached hydrogens (tertiary/aromatic N) is 2. The third kappa shape index (κ3) is 2.72. The molecule has 0 aliphatic carbocycles. The molecule has 2 aromatic rings. The first-order chi connectivity index (χ1) is 10.0. The van der Waals surface area contributed by atoms with Crippen LogP contribution in [0.25, 0.3) is 0 Å². The molecule has 1 aliphatic rings. The highest BCUT2D eigenvalue weighted by atomic mass is 79.9. The van der Waals surface area contributed by atoms with E-state index in [1.165, 1.54) is 5.56 Å². The third-order valence-corrected chi connectivity index (χ3v) is 4.97.